The summed E-state index contributed by atoms with van der Waals surface area (Å²) in [5, 5.41) is 0. The lowest BCUT2D eigenvalue weighted by atomic mass is 10.3. The number of ether oxygens (including phenoxy) is 2. The minimum absolute atomic E-state index is 0.316. The first-order valence-corrected chi connectivity index (χ1v) is 4.07. The zero-order valence-electron chi connectivity index (χ0n) is 7.97. The van der Waals surface area contributed by atoms with Crippen LogP contribution in [0.5, 0.6) is 0 Å². The van der Waals surface area contributed by atoms with Gasteiger partial charge in [-0.3, -0.25) is 9.59 Å². The quantitative estimate of drug-likeness (QED) is 0.324. The fourth-order valence-corrected chi connectivity index (χ4v) is 0.539. The molecule has 0 amide bonds. The smallest absolute Gasteiger partial charge is 0.334 e. The Hall–Kier alpha value is -1.51. The first kappa shape index (κ1) is 13.5. The maximum Gasteiger partial charge on any atom is 0.334 e. The molecule has 0 radical (unpaired) electrons. The molecule has 1 atom stereocenters. The van der Waals surface area contributed by atoms with Gasteiger partial charge in [-0.25, -0.2) is 4.79 Å². The molecule has 15 heavy (non-hydrogen) atoms. The van der Waals surface area contributed by atoms with Crippen LogP contribution >= 0.6 is 0 Å². The van der Waals surface area contributed by atoms with Crippen molar-refractivity contribution in [3.05, 3.63) is 0 Å². The van der Waals surface area contributed by atoms with Crippen LogP contribution in [0.25, 0.3) is 0 Å². The molecular weight excluding hydrogens is 206 g/mol. The summed E-state index contributed by atoms with van der Waals surface area (Å²) in [6.07, 6.45) is 0. The average molecular weight is 219 g/mol. The van der Waals surface area contributed by atoms with E-state index in [-0.39, 0.29) is 6.54 Å². The summed E-state index contributed by atoms with van der Waals surface area (Å²) in [6, 6.07) is -1.23. The van der Waals surface area contributed by atoms with Crippen LogP contribution in [0.2, 0.25) is 0 Å². The molecule has 8 heteroatoms. The second kappa shape index (κ2) is 6.87. The van der Waals surface area contributed by atoms with Gasteiger partial charge >= 0.3 is 17.9 Å². The highest BCUT2D eigenvalue weighted by atomic mass is 16.6. The van der Waals surface area contributed by atoms with Crippen LogP contribution < -0.4 is 17.2 Å². The maximum atomic E-state index is 11.0. The van der Waals surface area contributed by atoms with Gasteiger partial charge in [-0.05, 0) is 0 Å². The van der Waals surface area contributed by atoms with Crippen LogP contribution in [-0.4, -0.2) is 43.6 Å². The van der Waals surface area contributed by atoms with Crippen molar-refractivity contribution in [1.29, 1.82) is 0 Å². The van der Waals surface area contributed by atoms with Gasteiger partial charge in [0.25, 0.3) is 0 Å². The standard InChI is InChI=1S/C7H13N3O5/c8-1-5(11)14-3-4(10)7(13)15-6(12)2-9/h4H,1-3,8-10H2/t4-/m0/s1. The summed E-state index contributed by atoms with van der Waals surface area (Å²) in [7, 11) is 0. The minimum Gasteiger partial charge on any atom is -0.462 e. The van der Waals surface area contributed by atoms with Crippen LogP contribution in [0, 0.1) is 0 Å². The van der Waals surface area contributed by atoms with Crippen molar-refractivity contribution in [2.24, 2.45) is 17.2 Å². The number of carbonyl (C=O) groups excluding carboxylic acids is 3. The molecule has 0 aliphatic rings. The van der Waals surface area contributed by atoms with Gasteiger partial charge in [-0.15, -0.1) is 0 Å². The van der Waals surface area contributed by atoms with E-state index in [9.17, 15) is 14.4 Å². The molecule has 0 unspecified atom stereocenters. The molecule has 6 N–H and O–H groups in total. The minimum atomic E-state index is -1.23. The lowest BCUT2D eigenvalue weighted by Gasteiger charge is -2.09. The van der Waals surface area contributed by atoms with Crippen molar-refractivity contribution < 1.29 is 23.9 Å². The van der Waals surface area contributed by atoms with Gasteiger partial charge in [0.05, 0.1) is 13.1 Å². The van der Waals surface area contributed by atoms with E-state index in [2.05, 4.69) is 9.47 Å². The van der Waals surface area contributed by atoms with Crippen molar-refractivity contribution in [3.63, 3.8) is 0 Å². The first-order valence-electron chi connectivity index (χ1n) is 4.07. The molecule has 8 nitrogen and oxygen atoms in total. The topological polar surface area (TPSA) is 148 Å². The summed E-state index contributed by atoms with van der Waals surface area (Å²) in [5.74, 6) is -2.61. The average Bonchev–Trinajstić information content (AvgIpc) is 2.24. The van der Waals surface area contributed by atoms with E-state index >= 15 is 0 Å². The second-order valence-corrected chi connectivity index (χ2v) is 2.49. The van der Waals surface area contributed by atoms with Crippen LogP contribution in [0.15, 0.2) is 0 Å². The normalized spacial score (nSPS) is 11.7. The Balaban J connectivity index is 3.89. The van der Waals surface area contributed by atoms with Gasteiger partial charge in [0.15, 0.2) is 0 Å². The Labute approximate surface area is 85.7 Å². The van der Waals surface area contributed by atoms with Crippen molar-refractivity contribution in [2.75, 3.05) is 19.7 Å². The van der Waals surface area contributed by atoms with E-state index in [1.165, 1.54) is 0 Å². The fraction of sp³-hybridized carbons (Fsp3) is 0.571. The Morgan fingerprint density at radius 3 is 2.07 bits per heavy atom. The van der Waals surface area contributed by atoms with Crippen LogP contribution in [0.1, 0.15) is 0 Å². The molecule has 0 aromatic heterocycles. The van der Waals surface area contributed by atoms with E-state index < -0.39 is 37.1 Å². The molecule has 0 fully saturated rings. The first-order chi connectivity index (χ1) is 7.01. The zero-order chi connectivity index (χ0) is 11.8. The molecule has 0 saturated carbocycles. The number of rotatable bonds is 5. The van der Waals surface area contributed by atoms with Crippen LogP contribution in [-0.2, 0) is 23.9 Å². The van der Waals surface area contributed by atoms with Gasteiger partial charge in [-0.2, -0.15) is 0 Å². The lowest BCUT2D eigenvalue weighted by Crippen LogP contribution is -2.40. The molecule has 0 bridgehead atoms. The number of hydrogen-bond donors (Lipinski definition) is 3. The van der Waals surface area contributed by atoms with E-state index in [4.69, 9.17) is 17.2 Å². The van der Waals surface area contributed by atoms with Crippen molar-refractivity contribution in [1.82, 2.24) is 0 Å². The summed E-state index contributed by atoms with van der Waals surface area (Å²) < 4.78 is 8.63. The van der Waals surface area contributed by atoms with Gasteiger partial charge < -0.3 is 26.7 Å². The van der Waals surface area contributed by atoms with Gasteiger partial charge in [0.1, 0.15) is 12.6 Å². The molecule has 0 aromatic carbocycles. The van der Waals surface area contributed by atoms with Crippen LogP contribution in [0.4, 0.5) is 0 Å². The number of carbonyl (C=O) groups is 3. The van der Waals surface area contributed by atoms with Crippen molar-refractivity contribution in [3.8, 4) is 0 Å². The predicted octanol–water partition coefficient (Wildman–Crippen LogP) is -3.16. The van der Waals surface area contributed by atoms with E-state index in [1.54, 1.807) is 0 Å². The van der Waals surface area contributed by atoms with Gasteiger partial charge in [-0.1, -0.05) is 0 Å². The van der Waals surface area contributed by atoms with Crippen LogP contribution in [0.3, 0.4) is 0 Å². The second-order valence-electron chi connectivity index (χ2n) is 2.49. The largest absolute Gasteiger partial charge is 0.462 e. The Morgan fingerprint density at radius 1 is 1.07 bits per heavy atom. The van der Waals surface area contributed by atoms with E-state index in [0.717, 1.165) is 0 Å². The predicted molar refractivity (Wildman–Crippen MR) is 48.1 cm³/mol. The third-order valence-electron chi connectivity index (χ3n) is 1.27. The molecular formula is C7H13N3O5. The molecule has 0 aliphatic carbocycles. The number of nitrogens with two attached hydrogens (primary N) is 3. The van der Waals surface area contributed by atoms with E-state index in [0.29, 0.717) is 0 Å². The summed E-state index contributed by atoms with van der Waals surface area (Å²) in [5.41, 5.74) is 15.1. The molecule has 86 valence electrons. The molecule has 0 saturated heterocycles. The molecule has 0 spiro atoms. The number of hydrogen-bond acceptors (Lipinski definition) is 8. The SMILES string of the molecule is NCC(=O)OC[C@H](N)C(=O)OC(=O)CN. The van der Waals surface area contributed by atoms with Gasteiger partial charge in [0, 0.05) is 0 Å². The molecule has 0 aromatic rings. The third kappa shape index (κ3) is 5.73. The molecule has 0 rings (SSSR count). The van der Waals surface area contributed by atoms with Gasteiger partial charge in [0.2, 0.25) is 0 Å². The molecule has 0 heterocycles. The fourth-order valence-electron chi connectivity index (χ4n) is 0.539. The summed E-state index contributed by atoms with van der Waals surface area (Å²) in [4.78, 5) is 32.1. The number of esters is 3. The molecule has 0 aliphatic heterocycles. The highest BCUT2D eigenvalue weighted by molar-refractivity contribution is 5.89. The summed E-state index contributed by atoms with van der Waals surface area (Å²) >= 11 is 0. The monoisotopic (exact) mass is 219 g/mol. The Morgan fingerprint density at radius 2 is 1.60 bits per heavy atom. The van der Waals surface area contributed by atoms with E-state index in [1.807, 2.05) is 0 Å². The van der Waals surface area contributed by atoms with Crippen molar-refractivity contribution in [2.45, 2.75) is 6.04 Å². The highest BCUT2D eigenvalue weighted by Gasteiger charge is 2.19. The van der Waals surface area contributed by atoms with Crippen molar-refractivity contribution >= 4 is 17.9 Å². The Bertz CT molecular complexity index is 255. The maximum absolute atomic E-state index is 11.0. The third-order valence-corrected chi connectivity index (χ3v) is 1.27. The highest BCUT2D eigenvalue weighted by Crippen LogP contribution is 1.88. The lowest BCUT2D eigenvalue weighted by molar-refractivity contribution is -0.160. The Kier molecular flexibility index (Phi) is 6.18. The summed E-state index contributed by atoms with van der Waals surface area (Å²) in [6.45, 7) is -1.14. The zero-order valence-corrected chi connectivity index (χ0v) is 7.97.